The van der Waals surface area contributed by atoms with E-state index in [9.17, 15) is 23.1 Å². The molecule has 1 aromatic carbocycles. The summed E-state index contributed by atoms with van der Waals surface area (Å²) in [5.74, 6) is 0.0893. The molecule has 0 radical (unpaired) electrons. The van der Waals surface area contributed by atoms with Crippen LogP contribution >= 0.6 is 0 Å². The molecule has 1 N–H and O–H groups in total. The van der Waals surface area contributed by atoms with E-state index in [2.05, 4.69) is 29.6 Å². The number of nitro groups is 1. The van der Waals surface area contributed by atoms with Crippen LogP contribution in [-0.2, 0) is 14.6 Å². The van der Waals surface area contributed by atoms with Crippen LogP contribution in [0.3, 0.4) is 0 Å². The summed E-state index contributed by atoms with van der Waals surface area (Å²) in [6.45, 7) is -0.360. The van der Waals surface area contributed by atoms with Gasteiger partial charge in [0.25, 0.3) is 11.6 Å². The van der Waals surface area contributed by atoms with Crippen LogP contribution in [0.2, 0.25) is 0 Å². The predicted octanol–water partition coefficient (Wildman–Crippen LogP) is 1.04. The number of nitro benzene ring substituents is 1. The molecule has 1 aromatic heterocycles. The molecule has 25 heavy (non-hydrogen) atoms. The van der Waals surface area contributed by atoms with Crippen molar-refractivity contribution in [1.29, 1.82) is 0 Å². The van der Waals surface area contributed by atoms with E-state index in [0.29, 0.717) is 5.69 Å². The van der Waals surface area contributed by atoms with E-state index in [1.807, 2.05) is 0 Å². The highest BCUT2D eigenvalue weighted by Crippen LogP contribution is 2.32. The number of hydrogen-bond acceptors (Lipinski definition) is 11. The Morgan fingerprint density at radius 3 is 2.76 bits per heavy atom. The zero-order valence-electron chi connectivity index (χ0n) is 12.8. The van der Waals surface area contributed by atoms with Gasteiger partial charge in [0.15, 0.2) is 5.69 Å². The van der Waals surface area contributed by atoms with E-state index in [1.54, 1.807) is 7.05 Å². The number of nitrogens with one attached hydrogen (secondary N) is 1. The molecule has 134 valence electrons. The van der Waals surface area contributed by atoms with Crippen LogP contribution in [0.1, 0.15) is 0 Å². The zero-order valence-corrected chi connectivity index (χ0v) is 13.6. The van der Waals surface area contributed by atoms with Crippen LogP contribution in [0.5, 0.6) is 0 Å². The van der Waals surface area contributed by atoms with Gasteiger partial charge < -0.3 is 9.45 Å². The Morgan fingerprint density at radius 1 is 1.40 bits per heavy atom. The summed E-state index contributed by atoms with van der Waals surface area (Å²) in [5.41, 5.74) is 0.0825. The molecule has 0 saturated heterocycles. The number of H-pyrrole nitrogens is 1. The van der Waals surface area contributed by atoms with E-state index in [1.165, 1.54) is 29.4 Å². The predicted molar refractivity (Wildman–Crippen MR) is 82.6 cm³/mol. The van der Waals surface area contributed by atoms with E-state index >= 15 is 0 Å². The van der Waals surface area contributed by atoms with Gasteiger partial charge in [0.05, 0.1) is 11.5 Å². The highest BCUT2D eigenvalue weighted by molar-refractivity contribution is 7.80. The SMILES string of the molecule is CN(CCOS(=O)(=O)[O-])c1ccc(N=Nc2ncn[nH]2)c([N+](=O)[O-])c1. The molecule has 0 atom stereocenters. The van der Waals surface area contributed by atoms with Crippen molar-refractivity contribution in [2.24, 2.45) is 10.2 Å². The summed E-state index contributed by atoms with van der Waals surface area (Å²) < 4.78 is 35.3. The third-order valence-electron chi connectivity index (χ3n) is 2.91. The first-order valence-corrected chi connectivity index (χ1v) is 7.96. The monoisotopic (exact) mass is 370 g/mol. The van der Waals surface area contributed by atoms with E-state index < -0.39 is 15.3 Å². The van der Waals surface area contributed by atoms with Gasteiger partial charge >= 0.3 is 0 Å². The number of anilines is 1. The van der Waals surface area contributed by atoms with Gasteiger partial charge in [-0.05, 0) is 12.1 Å². The molecule has 0 spiro atoms. The normalized spacial score (nSPS) is 11.8. The Balaban J connectivity index is 2.16. The molecule has 0 aliphatic rings. The number of likely N-dealkylation sites (N-methyl/N-ethyl adjacent to an activating group) is 1. The van der Waals surface area contributed by atoms with Crippen molar-refractivity contribution in [3.63, 3.8) is 0 Å². The molecule has 14 heteroatoms. The standard InChI is InChI=1S/C11H13N7O6S/c1-17(4-5-24-25(21,22)23)8-2-3-9(10(6-8)18(19)20)14-16-11-12-7-13-15-11/h2-3,6-7H,4-5H2,1H3,(H,12,13,15)(H,21,22,23)/p-1. The molecule has 0 fully saturated rings. The second kappa shape index (κ2) is 7.73. The number of azo groups is 1. The second-order valence-corrected chi connectivity index (χ2v) is 5.64. The third kappa shape index (κ3) is 5.55. The first kappa shape index (κ1) is 18.4. The largest absolute Gasteiger partial charge is 0.726 e. The van der Waals surface area contributed by atoms with Crippen molar-refractivity contribution in [2.75, 3.05) is 25.1 Å². The van der Waals surface area contributed by atoms with Crippen molar-refractivity contribution < 1.29 is 22.1 Å². The molecule has 2 aromatic rings. The van der Waals surface area contributed by atoms with Crippen molar-refractivity contribution in [3.05, 3.63) is 34.6 Å². The van der Waals surface area contributed by atoms with Crippen LogP contribution in [0.4, 0.5) is 23.0 Å². The van der Waals surface area contributed by atoms with Crippen LogP contribution < -0.4 is 4.90 Å². The minimum absolute atomic E-state index is 0.00284. The number of nitrogens with zero attached hydrogens (tertiary/aromatic N) is 6. The van der Waals surface area contributed by atoms with Gasteiger partial charge in [-0.1, -0.05) is 0 Å². The maximum atomic E-state index is 11.2. The van der Waals surface area contributed by atoms with Gasteiger partial charge in [-0.25, -0.2) is 13.5 Å². The van der Waals surface area contributed by atoms with Crippen molar-refractivity contribution in [1.82, 2.24) is 15.2 Å². The molecule has 0 aliphatic heterocycles. The third-order valence-corrected chi connectivity index (χ3v) is 3.36. The minimum Gasteiger partial charge on any atom is -0.726 e. The minimum atomic E-state index is -4.79. The Hall–Kier alpha value is -2.97. The molecular formula is C11H12N7O6S-. The van der Waals surface area contributed by atoms with Crippen LogP contribution in [0.15, 0.2) is 34.8 Å². The second-order valence-electron chi connectivity index (χ2n) is 4.59. The van der Waals surface area contributed by atoms with Gasteiger partial charge in [0, 0.05) is 25.3 Å². The summed E-state index contributed by atoms with van der Waals surface area (Å²) in [6, 6.07) is 4.13. The lowest BCUT2D eigenvalue weighted by Crippen LogP contribution is -2.23. The molecule has 0 saturated carbocycles. The van der Waals surface area contributed by atoms with Crippen LogP contribution in [-0.4, -0.2) is 53.3 Å². The first-order chi connectivity index (χ1) is 11.8. The van der Waals surface area contributed by atoms with E-state index in [-0.39, 0.29) is 30.5 Å². The molecule has 0 amide bonds. The number of benzene rings is 1. The molecule has 0 aliphatic carbocycles. The molecule has 0 unspecified atom stereocenters. The smallest absolute Gasteiger partial charge is 0.298 e. The fourth-order valence-corrected chi connectivity index (χ4v) is 2.01. The van der Waals surface area contributed by atoms with Gasteiger partial charge in [-0.3, -0.25) is 14.3 Å². The van der Waals surface area contributed by atoms with Gasteiger partial charge in [-0.15, -0.1) is 10.2 Å². The average molecular weight is 370 g/mol. The Morgan fingerprint density at radius 2 is 2.16 bits per heavy atom. The summed E-state index contributed by atoms with van der Waals surface area (Å²) in [6.07, 6.45) is 1.21. The summed E-state index contributed by atoms with van der Waals surface area (Å²) in [4.78, 5) is 15.8. The quantitative estimate of drug-likeness (QED) is 0.233. The molecular weight excluding hydrogens is 358 g/mol. The zero-order chi connectivity index (χ0) is 18.4. The fraction of sp³-hybridized carbons (Fsp3) is 0.273. The maximum absolute atomic E-state index is 11.2. The van der Waals surface area contributed by atoms with E-state index in [4.69, 9.17) is 0 Å². The number of aromatic nitrogens is 3. The Kier molecular flexibility index (Phi) is 5.68. The summed E-state index contributed by atoms with van der Waals surface area (Å²) in [7, 11) is -3.23. The Bertz CT molecular complexity index is 867. The maximum Gasteiger partial charge on any atom is 0.298 e. The summed E-state index contributed by atoms with van der Waals surface area (Å²) >= 11 is 0. The first-order valence-electron chi connectivity index (χ1n) is 6.63. The number of aromatic amines is 1. The van der Waals surface area contributed by atoms with E-state index in [0.717, 1.165) is 0 Å². The number of hydrogen-bond donors (Lipinski definition) is 1. The van der Waals surface area contributed by atoms with Crippen molar-refractivity contribution in [2.45, 2.75) is 0 Å². The van der Waals surface area contributed by atoms with Crippen molar-refractivity contribution >= 4 is 33.4 Å². The van der Waals surface area contributed by atoms with Crippen molar-refractivity contribution in [3.8, 4) is 0 Å². The van der Waals surface area contributed by atoms with Gasteiger partial charge in [0.1, 0.15) is 6.33 Å². The summed E-state index contributed by atoms with van der Waals surface area (Å²) in [5, 5.41) is 24.6. The lowest BCUT2D eigenvalue weighted by molar-refractivity contribution is -0.384. The molecule has 13 nitrogen and oxygen atoms in total. The highest BCUT2D eigenvalue weighted by atomic mass is 32.3. The lowest BCUT2D eigenvalue weighted by Gasteiger charge is -2.19. The highest BCUT2D eigenvalue weighted by Gasteiger charge is 2.16. The fourth-order valence-electron chi connectivity index (χ4n) is 1.73. The van der Waals surface area contributed by atoms with Crippen LogP contribution in [0.25, 0.3) is 0 Å². The van der Waals surface area contributed by atoms with Crippen LogP contribution in [0, 0.1) is 10.1 Å². The van der Waals surface area contributed by atoms with Gasteiger partial charge in [-0.2, -0.15) is 10.1 Å². The lowest BCUT2D eigenvalue weighted by atomic mass is 10.2. The Labute approximate surface area is 141 Å². The average Bonchev–Trinajstić information content (AvgIpc) is 3.04. The molecule has 2 rings (SSSR count). The van der Waals surface area contributed by atoms with Gasteiger partial charge in [0.2, 0.25) is 10.4 Å². The molecule has 0 bridgehead atoms. The topological polar surface area (TPSA) is 179 Å². The molecule has 1 heterocycles. The number of rotatable bonds is 8.